The van der Waals surface area contributed by atoms with Gasteiger partial charge in [-0.2, -0.15) is 0 Å². The third kappa shape index (κ3) is 3.69. The van der Waals surface area contributed by atoms with Gasteiger partial charge in [-0.3, -0.25) is 4.79 Å². The van der Waals surface area contributed by atoms with E-state index in [-0.39, 0.29) is 23.3 Å². The van der Waals surface area contributed by atoms with Crippen LogP contribution in [0.2, 0.25) is 0 Å². The molecule has 0 heterocycles. The van der Waals surface area contributed by atoms with Gasteiger partial charge in [0.2, 0.25) is 0 Å². The van der Waals surface area contributed by atoms with Crippen LogP contribution < -0.4 is 10.1 Å². The highest BCUT2D eigenvalue weighted by Gasteiger charge is 2.29. The van der Waals surface area contributed by atoms with Gasteiger partial charge in [-0.15, -0.1) is 0 Å². The molecule has 0 spiro atoms. The van der Waals surface area contributed by atoms with E-state index in [1.165, 1.54) is 12.5 Å². The molecular formula is C17H25NO3. The molecule has 1 amide bonds. The number of ether oxygens (including phenoxy) is 1. The molecule has 1 aliphatic carbocycles. The Hall–Kier alpha value is -1.71. The van der Waals surface area contributed by atoms with Gasteiger partial charge >= 0.3 is 0 Å². The molecule has 2 atom stereocenters. The van der Waals surface area contributed by atoms with E-state index < -0.39 is 0 Å². The molecule has 1 aromatic carbocycles. The van der Waals surface area contributed by atoms with Crippen molar-refractivity contribution < 1.29 is 14.6 Å². The second-order valence-electron chi connectivity index (χ2n) is 6.16. The lowest BCUT2D eigenvalue weighted by Gasteiger charge is -2.35. The largest absolute Gasteiger partial charge is 0.507 e. The zero-order valence-electron chi connectivity index (χ0n) is 13.1. The Morgan fingerprint density at radius 2 is 2.05 bits per heavy atom. The molecule has 0 aromatic heterocycles. The molecule has 116 valence electrons. The number of hydrogen-bond donors (Lipinski definition) is 2. The topological polar surface area (TPSA) is 58.6 Å². The number of carbonyl (C=O) groups is 1. The summed E-state index contributed by atoms with van der Waals surface area (Å²) in [6.45, 7) is 4.41. The van der Waals surface area contributed by atoms with Gasteiger partial charge < -0.3 is 15.2 Å². The maximum atomic E-state index is 12.4. The maximum absolute atomic E-state index is 12.4. The minimum Gasteiger partial charge on any atom is -0.507 e. The third-order valence-electron chi connectivity index (χ3n) is 4.44. The number of nitrogens with one attached hydrogen (secondary N) is 1. The minimum atomic E-state index is -0.219. The number of aromatic hydroxyl groups is 1. The van der Waals surface area contributed by atoms with Crippen molar-refractivity contribution in [1.82, 2.24) is 5.32 Å². The van der Waals surface area contributed by atoms with Crippen LogP contribution in [0, 0.1) is 11.8 Å². The number of phenols is 1. The molecule has 0 aliphatic heterocycles. The van der Waals surface area contributed by atoms with Gasteiger partial charge in [-0.1, -0.05) is 26.7 Å². The monoisotopic (exact) mass is 291 g/mol. The summed E-state index contributed by atoms with van der Waals surface area (Å²) in [6.07, 6.45) is 4.56. The molecule has 1 saturated carbocycles. The molecule has 0 bridgehead atoms. The van der Waals surface area contributed by atoms with Crippen molar-refractivity contribution in [3.05, 3.63) is 23.8 Å². The number of hydrogen-bond acceptors (Lipinski definition) is 3. The van der Waals surface area contributed by atoms with Crippen LogP contribution in [0.4, 0.5) is 0 Å². The predicted molar refractivity (Wildman–Crippen MR) is 82.7 cm³/mol. The Balaban J connectivity index is 2.13. The summed E-state index contributed by atoms with van der Waals surface area (Å²) < 4.78 is 5.12. The fourth-order valence-corrected chi connectivity index (χ4v) is 3.21. The van der Waals surface area contributed by atoms with Gasteiger partial charge in [0.1, 0.15) is 11.5 Å². The highest BCUT2D eigenvalue weighted by atomic mass is 16.5. The second kappa shape index (κ2) is 6.83. The maximum Gasteiger partial charge on any atom is 0.255 e. The third-order valence-corrected chi connectivity index (χ3v) is 4.44. The number of carbonyl (C=O) groups excluding carboxylic acids is 1. The Labute approximate surface area is 126 Å². The van der Waals surface area contributed by atoms with Crippen molar-refractivity contribution >= 4 is 5.91 Å². The van der Waals surface area contributed by atoms with Crippen LogP contribution in [0.15, 0.2) is 18.2 Å². The van der Waals surface area contributed by atoms with Crippen LogP contribution in [-0.4, -0.2) is 24.2 Å². The fraction of sp³-hybridized carbons (Fsp3) is 0.588. The van der Waals surface area contributed by atoms with Crippen molar-refractivity contribution in [2.24, 2.45) is 11.8 Å². The SMILES string of the molecule is COc1ccc(O)c(C(=O)NC2CCCCC2C(C)C)c1. The molecule has 1 aliphatic rings. The molecule has 2 N–H and O–H groups in total. The van der Waals surface area contributed by atoms with E-state index in [1.54, 1.807) is 19.2 Å². The zero-order valence-corrected chi connectivity index (χ0v) is 13.1. The molecule has 0 saturated heterocycles. The van der Waals surface area contributed by atoms with Crippen LogP contribution in [0.5, 0.6) is 11.5 Å². The van der Waals surface area contributed by atoms with E-state index in [0.29, 0.717) is 17.6 Å². The van der Waals surface area contributed by atoms with Crippen molar-refractivity contribution in [2.45, 2.75) is 45.6 Å². The normalized spacial score (nSPS) is 22.1. The lowest BCUT2D eigenvalue weighted by Crippen LogP contribution is -2.43. The number of amides is 1. The van der Waals surface area contributed by atoms with E-state index >= 15 is 0 Å². The first-order valence-corrected chi connectivity index (χ1v) is 7.70. The summed E-state index contributed by atoms with van der Waals surface area (Å²) in [5.41, 5.74) is 0.280. The smallest absolute Gasteiger partial charge is 0.255 e. The van der Waals surface area contributed by atoms with Crippen molar-refractivity contribution in [3.63, 3.8) is 0 Å². The molecule has 1 fully saturated rings. The van der Waals surface area contributed by atoms with Crippen LogP contribution in [0.3, 0.4) is 0 Å². The highest BCUT2D eigenvalue weighted by molar-refractivity contribution is 5.97. The summed E-state index contributed by atoms with van der Waals surface area (Å²) in [7, 11) is 1.55. The standard InChI is InChI=1S/C17H25NO3/c1-11(2)13-6-4-5-7-15(13)18-17(20)14-10-12(21-3)8-9-16(14)19/h8-11,13,15,19H,4-7H2,1-3H3,(H,18,20). The summed E-state index contributed by atoms with van der Waals surface area (Å²) >= 11 is 0. The molecule has 4 heteroatoms. The Bertz CT molecular complexity index is 499. The fourth-order valence-electron chi connectivity index (χ4n) is 3.21. The van der Waals surface area contributed by atoms with Gasteiger partial charge in [-0.05, 0) is 42.9 Å². The highest BCUT2D eigenvalue weighted by Crippen LogP contribution is 2.31. The molecule has 2 rings (SSSR count). The Morgan fingerprint density at radius 3 is 2.71 bits per heavy atom. The first-order valence-electron chi connectivity index (χ1n) is 7.70. The number of methoxy groups -OCH3 is 1. The summed E-state index contributed by atoms with van der Waals surface area (Å²) in [5, 5.41) is 13.0. The van der Waals surface area contributed by atoms with Crippen LogP contribution in [0.1, 0.15) is 49.9 Å². The summed E-state index contributed by atoms with van der Waals surface area (Å²) in [5.74, 6) is 1.40. The van der Waals surface area contributed by atoms with E-state index in [9.17, 15) is 9.90 Å². The molecule has 4 nitrogen and oxygen atoms in total. The molecule has 2 unspecified atom stereocenters. The Kier molecular flexibility index (Phi) is 5.10. The lowest BCUT2D eigenvalue weighted by molar-refractivity contribution is 0.0886. The van der Waals surface area contributed by atoms with E-state index in [2.05, 4.69) is 19.2 Å². The lowest BCUT2D eigenvalue weighted by atomic mass is 9.78. The number of benzene rings is 1. The molecular weight excluding hydrogens is 266 g/mol. The molecule has 1 aromatic rings. The van der Waals surface area contributed by atoms with Gasteiger partial charge in [0.05, 0.1) is 12.7 Å². The quantitative estimate of drug-likeness (QED) is 0.894. The predicted octanol–water partition coefficient (Wildman–Crippen LogP) is 3.35. The average molecular weight is 291 g/mol. The van der Waals surface area contributed by atoms with E-state index in [0.717, 1.165) is 19.3 Å². The van der Waals surface area contributed by atoms with E-state index in [4.69, 9.17) is 4.74 Å². The Morgan fingerprint density at radius 1 is 1.33 bits per heavy atom. The summed E-state index contributed by atoms with van der Waals surface area (Å²) in [6, 6.07) is 4.91. The molecule has 0 radical (unpaired) electrons. The van der Waals surface area contributed by atoms with Crippen LogP contribution in [0.25, 0.3) is 0 Å². The van der Waals surface area contributed by atoms with Gasteiger partial charge in [-0.25, -0.2) is 0 Å². The first kappa shape index (κ1) is 15.7. The van der Waals surface area contributed by atoms with Gasteiger partial charge in [0, 0.05) is 6.04 Å². The minimum absolute atomic E-state index is 0.00907. The number of phenolic OH excluding ortho intramolecular Hbond substituents is 1. The molecule has 21 heavy (non-hydrogen) atoms. The van der Waals surface area contributed by atoms with Crippen molar-refractivity contribution in [3.8, 4) is 11.5 Å². The van der Waals surface area contributed by atoms with Crippen molar-refractivity contribution in [2.75, 3.05) is 7.11 Å². The first-order chi connectivity index (χ1) is 10.0. The van der Waals surface area contributed by atoms with Crippen LogP contribution in [-0.2, 0) is 0 Å². The van der Waals surface area contributed by atoms with Crippen LogP contribution >= 0.6 is 0 Å². The average Bonchev–Trinajstić information content (AvgIpc) is 2.48. The zero-order chi connectivity index (χ0) is 15.4. The summed E-state index contributed by atoms with van der Waals surface area (Å²) in [4.78, 5) is 12.4. The van der Waals surface area contributed by atoms with Gasteiger partial charge in [0.25, 0.3) is 5.91 Å². The second-order valence-corrected chi connectivity index (χ2v) is 6.16. The van der Waals surface area contributed by atoms with Crippen molar-refractivity contribution in [1.29, 1.82) is 0 Å². The van der Waals surface area contributed by atoms with Gasteiger partial charge in [0.15, 0.2) is 0 Å². The van der Waals surface area contributed by atoms with E-state index in [1.807, 2.05) is 0 Å². The number of rotatable bonds is 4.